The van der Waals surface area contributed by atoms with Crippen LogP contribution in [0.1, 0.15) is 23.4 Å². The Kier molecular flexibility index (Phi) is 11.2. The number of carbonyl (C=O) groups excluding carboxylic acids is 1. The number of benzene rings is 2. The maximum atomic E-state index is 12.4. The van der Waals surface area contributed by atoms with Crippen LogP contribution in [0.3, 0.4) is 0 Å². The molecular formula is C28H32ClN3O7. The molecule has 3 aromatic rings. The lowest BCUT2D eigenvalue weighted by Gasteiger charge is -2.36. The van der Waals surface area contributed by atoms with E-state index in [1.54, 1.807) is 25.3 Å². The summed E-state index contributed by atoms with van der Waals surface area (Å²) in [5, 5.41) is 18.4. The maximum absolute atomic E-state index is 12.4. The predicted molar refractivity (Wildman–Crippen MR) is 148 cm³/mol. The standard InChI is InChI=1S/C26H30ClN3O3.C2H2O4/c1-32-24-7-3-2-6-22(24)30-18-16-29(17-19-30)15-5-4-14-28-26(31)25-13-12-23(33-25)20-8-10-21(27)11-9-20;3-1(4)2(5)6/h2-3,6-13H,4-5,14-19H2,1H3,(H,28,31);(H,3,4)(H,5,6). The van der Waals surface area contributed by atoms with E-state index in [1.807, 2.05) is 30.3 Å². The minimum absolute atomic E-state index is 0.180. The number of carboxylic acids is 2. The Morgan fingerprint density at radius 3 is 2.23 bits per heavy atom. The van der Waals surface area contributed by atoms with Crippen LogP contribution >= 0.6 is 11.6 Å². The lowest BCUT2D eigenvalue weighted by atomic mass is 10.2. The molecule has 0 unspecified atom stereocenters. The maximum Gasteiger partial charge on any atom is 0.414 e. The number of methoxy groups -OCH3 is 1. The summed E-state index contributed by atoms with van der Waals surface area (Å²) in [6, 6.07) is 19.1. The average Bonchev–Trinajstić information content (AvgIpc) is 3.44. The van der Waals surface area contributed by atoms with E-state index in [0.29, 0.717) is 23.1 Å². The zero-order chi connectivity index (χ0) is 28.2. The molecule has 0 aliphatic carbocycles. The van der Waals surface area contributed by atoms with Crippen LogP contribution in [0.25, 0.3) is 11.3 Å². The van der Waals surface area contributed by atoms with Crippen LogP contribution in [-0.4, -0.2) is 79.3 Å². The third kappa shape index (κ3) is 9.05. The summed E-state index contributed by atoms with van der Waals surface area (Å²) < 4.78 is 11.2. The van der Waals surface area contributed by atoms with Crippen molar-refractivity contribution in [2.24, 2.45) is 0 Å². The summed E-state index contributed by atoms with van der Waals surface area (Å²) in [6.45, 7) is 5.72. The first-order valence-corrected chi connectivity index (χ1v) is 12.9. The smallest absolute Gasteiger partial charge is 0.414 e. The van der Waals surface area contributed by atoms with Gasteiger partial charge in [0.15, 0.2) is 5.76 Å². The summed E-state index contributed by atoms with van der Waals surface area (Å²) >= 11 is 5.93. The van der Waals surface area contributed by atoms with Gasteiger partial charge >= 0.3 is 11.9 Å². The highest BCUT2D eigenvalue weighted by Gasteiger charge is 2.19. The SMILES string of the molecule is COc1ccccc1N1CCN(CCCCNC(=O)c2ccc(-c3ccc(Cl)cc3)o2)CC1.O=C(O)C(=O)O. The van der Waals surface area contributed by atoms with E-state index in [1.165, 1.54) is 5.69 Å². The molecule has 0 bridgehead atoms. The molecule has 0 spiro atoms. The quantitative estimate of drug-likeness (QED) is 0.263. The van der Waals surface area contributed by atoms with Gasteiger partial charge in [0, 0.05) is 43.3 Å². The number of ether oxygens (including phenoxy) is 1. The fourth-order valence-corrected chi connectivity index (χ4v) is 4.21. The molecule has 0 saturated carbocycles. The number of piperazine rings is 1. The molecule has 11 heteroatoms. The molecular weight excluding hydrogens is 526 g/mol. The second-order valence-electron chi connectivity index (χ2n) is 8.74. The largest absolute Gasteiger partial charge is 0.495 e. The Labute approximate surface area is 231 Å². The Balaban J connectivity index is 0.000000631. The van der Waals surface area contributed by atoms with E-state index in [0.717, 1.165) is 56.9 Å². The lowest BCUT2D eigenvalue weighted by Crippen LogP contribution is -2.46. The van der Waals surface area contributed by atoms with Crippen molar-refractivity contribution in [3.05, 3.63) is 71.4 Å². The van der Waals surface area contributed by atoms with Crippen molar-refractivity contribution < 1.29 is 33.8 Å². The number of aliphatic carboxylic acids is 2. The number of rotatable bonds is 9. The number of nitrogens with zero attached hydrogens (tertiary/aromatic N) is 2. The van der Waals surface area contributed by atoms with Crippen molar-refractivity contribution in [1.29, 1.82) is 0 Å². The number of carboxylic acid groups (broad SMARTS) is 2. The highest BCUT2D eigenvalue weighted by Crippen LogP contribution is 2.28. The fraction of sp³-hybridized carbons (Fsp3) is 0.321. The second-order valence-corrected chi connectivity index (χ2v) is 9.18. The number of halogens is 1. The van der Waals surface area contributed by atoms with Gasteiger partial charge < -0.3 is 29.6 Å². The molecule has 3 N–H and O–H groups in total. The van der Waals surface area contributed by atoms with Crippen molar-refractivity contribution >= 4 is 35.1 Å². The third-order valence-corrected chi connectivity index (χ3v) is 6.38. The minimum atomic E-state index is -1.82. The Morgan fingerprint density at radius 1 is 0.923 bits per heavy atom. The van der Waals surface area contributed by atoms with E-state index in [9.17, 15) is 4.79 Å². The van der Waals surface area contributed by atoms with E-state index in [-0.39, 0.29) is 5.91 Å². The Bertz CT molecular complexity index is 1230. The van der Waals surface area contributed by atoms with Crippen LogP contribution in [0.15, 0.2) is 65.1 Å². The highest BCUT2D eigenvalue weighted by molar-refractivity contribution is 6.30. The van der Waals surface area contributed by atoms with E-state index < -0.39 is 11.9 Å². The summed E-state index contributed by atoms with van der Waals surface area (Å²) in [5.74, 6) is -1.92. The predicted octanol–water partition coefficient (Wildman–Crippen LogP) is 4.10. The van der Waals surface area contributed by atoms with Gasteiger partial charge in [-0.15, -0.1) is 0 Å². The first kappa shape index (κ1) is 29.5. The molecule has 1 aromatic heterocycles. The van der Waals surface area contributed by atoms with Gasteiger partial charge in [-0.2, -0.15) is 0 Å². The van der Waals surface area contributed by atoms with Gasteiger partial charge in [-0.1, -0.05) is 23.7 Å². The number of furan rings is 1. The number of unbranched alkanes of at least 4 members (excludes halogenated alkanes) is 1. The van der Waals surface area contributed by atoms with Crippen LogP contribution in [0.4, 0.5) is 5.69 Å². The molecule has 1 fully saturated rings. The number of hydrogen-bond donors (Lipinski definition) is 3. The van der Waals surface area contributed by atoms with Crippen molar-refractivity contribution in [3.63, 3.8) is 0 Å². The van der Waals surface area contributed by atoms with Gasteiger partial charge in [-0.25, -0.2) is 9.59 Å². The number of carbonyl (C=O) groups is 3. The Morgan fingerprint density at radius 2 is 1.59 bits per heavy atom. The van der Waals surface area contributed by atoms with Gasteiger partial charge in [-0.05, 0) is 67.9 Å². The summed E-state index contributed by atoms with van der Waals surface area (Å²) in [4.78, 5) is 35.4. The third-order valence-electron chi connectivity index (χ3n) is 6.13. The molecule has 0 atom stereocenters. The minimum Gasteiger partial charge on any atom is -0.495 e. The van der Waals surface area contributed by atoms with Gasteiger partial charge in [0.05, 0.1) is 12.8 Å². The molecule has 1 saturated heterocycles. The zero-order valence-corrected chi connectivity index (χ0v) is 22.4. The van der Waals surface area contributed by atoms with Gasteiger partial charge in [0.1, 0.15) is 11.5 Å². The van der Waals surface area contributed by atoms with Crippen LogP contribution in [0, 0.1) is 0 Å². The van der Waals surface area contributed by atoms with Crippen LogP contribution in [0.2, 0.25) is 5.02 Å². The summed E-state index contributed by atoms with van der Waals surface area (Å²) in [6.07, 6.45) is 1.98. The highest BCUT2D eigenvalue weighted by atomic mass is 35.5. The van der Waals surface area contributed by atoms with Crippen molar-refractivity contribution in [2.75, 3.05) is 51.3 Å². The van der Waals surface area contributed by atoms with Gasteiger partial charge in [0.2, 0.25) is 0 Å². The molecule has 2 heterocycles. The summed E-state index contributed by atoms with van der Waals surface area (Å²) in [5.41, 5.74) is 2.06. The first-order valence-electron chi connectivity index (χ1n) is 12.5. The lowest BCUT2D eigenvalue weighted by molar-refractivity contribution is -0.159. The summed E-state index contributed by atoms with van der Waals surface area (Å²) in [7, 11) is 1.72. The number of nitrogens with one attached hydrogen (secondary N) is 1. The van der Waals surface area contributed by atoms with E-state index >= 15 is 0 Å². The Hall–Kier alpha value is -4.02. The average molecular weight is 558 g/mol. The van der Waals surface area contributed by atoms with Crippen molar-refractivity contribution in [2.45, 2.75) is 12.8 Å². The van der Waals surface area contributed by atoms with Crippen LogP contribution < -0.4 is 15.0 Å². The van der Waals surface area contributed by atoms with Crippen molar-refractivity contribution in [3.8, 4) is 17.1 Å². The monoisotopic (exact) mass is 557 g/mol. The molecule has 0 radical (unpaired) electrons. The molecule has 39 heavy (non-hydrogen) atoms. The normalized spacial score (nSPS) is 13.2. The van der Waals surface area contributed by atoms with Crippen LogP contribution in [0.5, 0.6) is 5.75 Å². The van der Waals surface area contributed by atoms with Crippen molar-refractivity contribution in [1.82, 2.24) is 10.2 Å². The molecule has 1 aliphatic rings. The molecule has 1 aliphatic heterocycles. The van der Waals surface area contributed by atoms with E-state index in [4.69, 9.17) is 40.6 Å². The zero-order valence-electron chi connectivity index (χ0n) is 21.6. The van der Waals surface area contributed by atoms with Crippen LogP contribution in [-0.2, 0) is 9.59 Å². The molecule has 208 valence electrons. The van der Waals surface area contributed by atoms with Gasteiger partial charge in [0.25, 0.3) is 5.91 Å². The van der Waals surface area contributed by atoms with Gasteiger partial charge in [-0.3, -0.25) is 9.69 Å². The topological polar surface area (TPSA) is 133 Å². The first-order chi connectivity index (χ1) is 18.8. The molecule has 4 rings (SSSR count). The number of anilines is 1. The number of hydrogen-bond acceptors (Lipinski definition) is 7. The molecule has 1 amide bonds. The molecule has 2 aromatic carbocycles. The number of amides is 1. The second kappa shape index (κ2) is 14.8. The fourth-order valence-electron chi connectivity index (χ4n) is 4.08. The number of para-hydroxylation sites is 2. The van der Waals surface area contributed by atoms with E-state index in [2.05, 4.69) is 27.2 Å². The molecule has 10 nitrogen and oxygen atoms in total.